The second-order valence-electron chi connectivity index (χ2n) is 2.44. The average molecular weight is 243 g/mol. The average Bonchev–Trinajstić information content (AvgIpc) is 1.99. The van der Waals surface area contributed by atoms with E-state index in [-0.39, 0.29) is 6.61 Å². The van der Waals surface area contributed by atoms with Gasteiger partial charge in [-0.25, -0.2) is 0 Å². The zero-order valence-corrected chi connectivity index (χ0v) is 9.07. The van der Waals surface area contributed by atoms with Crippen LogP contribution in [-0.2, 0) is 13.7 Å². The van der Waals surface area contributed by atoms with Gasteiger partial charge in [0, 0.05) is 7.28 Å². The molecule has 14 heavy (non-hydrogen) atoms. The van der Waals surface area contributed by atoms with Crippen LogP contribution in [0, 0.1) is 0 Å². The fraction of sp³-hybridized carbons (Fsp3) is 0.600. The van der Waals surface area contributed by atoms with Crippen LogP contribution in [0.3, 0.4) is 0 Å². The minimum Gasteiger partial charge on any atom is -0.805 e. The Morgan fingerprint density at radius 2 is 1.93 bits per heavy atom. The van der Waals surface area contributed by atoms with Crippen molar-refractivity contribution in [2.45, 2.75) is 6.92 Å². The Balaban J connectivity index is 4.35. The Hall–Kier alpha value is 0.0000000000000000139. The van der Waals surface area contributed by atoms with E-state index >= 15 is 0 Å². The summed E-state index contributed by atoms with van der Waals surface area (Å²) < 4.78 is 24.7. The minimum atomic E-state index is -5.76. The SMILES string of the molecule is C/C(=C/CO)COP(=O)([O-])P(=O)([O-])[O-]. The van der Waals surface area contributed by atoms with Gasteiger partial charge in [-0.1, -0.05) is 6.08 Å². The number of aliphatic hydroxyl groups is 1. The van der Waals surface area contributed by atoms with Gasteiger partial charge in [-0.2, -0.15) is 0 Å². The van der Waals surface area contributed by atoms with Crippen molar-refractivity contribution >= 4 is 14.6 Å². The molecule has 0 aliphatic rings. The Bertz CT molecular complexity index is 303. The number of hydrogen-bond acceptors (Lipinski definition) is 7. The zero-order chi connectivity index (χ0) is 11.4. The third-order valence-corrected chi connectivity index (χ3v) is 4.40. The predicted octanol–water partition coefficient (Wildman–Crippen LogP) is -1.68. The van der Waals surface area contributed by atoms with Gasteiger partial charge in [0.25, 0.3) is 0 Å². The summed E-state index contributed by atoms with van der Waals surface area (Å²) in [6.07, 6.45) is 1.22. The van der Waals surface area contributed by atoms with Gasteiger partial charge in [-0.05, 0) is 12.5 Å². The second-order valence-corrected chi connectivity index (χ2v) is 7.52. The lowest BCUT2D eigenvalue weighted by molar-refractivity contribution is -0.314. The number of aliphatic hydroxyl groups excluding tert-OH is 1. The summed E-state index contributed by atoms with van der Waals surface area (Å²) >= 11 is 0. The van der Waals surface area contributed by atoms with Crippen molar-refractivity contribution in [1.29, 1.82) is 0 Å². The summed E-state index contributed by atoms with van der Waals surface area (Å²) in [6, 6.07) is 0. The van der Waals surface area contributed by atoms with E-state index in [0.29, 0.717) is 5.57 Å². The molecular formula is C5H9O7P2-3. The Kier molecular flexibility index (Phi) is 5.19. The van der Waals surface area contributed by atoms with Gasteiger partial charge in [0.15, 0.2) is 7.28 Å². The van der Waals surface area contributed by atoms with Crippen molar-refractivity contribution in [3.05, 3.63) is 11.6 Å². The van der Waals surface area contributed by atoms with Crippen LogP contribution >= 0.6 is 14.6 Å². The van der Waals surface area contributed by atoms with Crippen molar-refractivity contribution in [3.63, 3.8) is 0 Å². The fourth-order valence-corrected chi connectivity index (χ4v) is 1.57. The van der Waals surface area contributed by atoms with E-state index in [0.717, 1.165) is 0 Å². The van der Waals surface area contributed by atoms with Crippen LogP contribution in [0.15, 0.2) is 11.6 Å². The Labute approximate surface area is 80.6 Å². The van der Waals surface area contributed by atoms with Gasteiger partial charge >= 0.3 is 0 Å². The standard InChI is InChI=1S/C5H12O7P2/c1-5(2-3-6)4-12-14(10,11)13(7,8)9/h2,6H,3-4H2,1H3,(H,10,11)(H2,7,8,9)/p-3/b5-2-. The lowest BCUT2D eigenvalue weighted by atomic mass is 10.3. The topological polar surface area (TPSA) is 133 Å². The molecule has 0 spiro atoms. The summed E-state index contributed by atoms with van der Waals surface area (Å²) in [5, 5.41) is 8.37. The van der Waals surface area contributed by atoms with Crippen LogP contribution in [0.5, 0.6) is 0 Å². The summed E-state index contributed by atoms with van der Waals surface area (Å²) in [7, 11) is -11.1. The van der Waals surface area contributed by atoms with Crippen LogP contribution in [0.25, 0.3) is 0 Å². The summed E-state index contributed by atoms with van der Waals surface area (Å²) in [6.45, 7) is 0.525. The molecular weight excluding hydrogens is 234 g/mol. The normalized spacial score (nSPS) is 17.9. The Morgan fingerprint density at radius 3 is 2.29 bits per heavy atom. The van der Waals surface area contributed by atoms with Crippen LogP contribution in [-0.4, -0.2) is 18.3 Å². The molecule has 1 atom stereocenters. The first-order valence-electron chi connectivity index (χ1n) is 3.45. The number of rotatable bonds is 5. The highest BCUT2D eigenvalue weighted by atomic mass is 32.1. The lowest BCUT2D eigenvalue weighted by Gasteiger charge is -2.41. The van der Waals surface area contributed by atoms with Crippen LogP contribution in [0.2, 0.25) is 0 Å². The first kappa shape index (κ1) is 14.0. The van der Waals surface area contributed by atoms with E-state index in [9.17, 15) is 23.8 Å². The van der Waals surface area contributed by atoms with E-state index in [1.54, 1.807) is 0 Å². The molecule has 0 heterocycles. The van der Waals surface area contributed by atoms with Gasteiger partial charge in [-0.15, -0.1) is 0 Å². The molecule has 9 heteroatoms. The molecule has 0 saturated carbocycles. The summed E-state index contributed by atoms with van der Waals surface area (Å²) in [4.78, 5) is 30.8. The first-order valence-corrected chi connectivity index (χ1v) is 7.24. The lowest BCUT2D eigenvalue weighted by Crippen LogP contribution is -2.21. The van der Waals surface area contributed by atoms with E-state index in [4.69, 9.17) is 5.11 Å². The molecule has 7 nitrogen and oxygen atoms in total. The molecule has 0 aromatic rings. The Morgan fingerprint density at radius 1 is 1.43 bits per heavy atom. The molecule has 1 unspecified atom stereocenters. The molecule has 0 aromatic carbocycles. The van der Waals surface area contributed by atoms with E-state index in [1.165, 1.54) is 13.0 Å². The van der Waals surface area contributed by atoms with Crippen molar-refractivity contribution < 1.29 is 33.4 Å². The molecule has 0 rings (SSSR count). The van der Waals surface area contributed by atoms with Gasteiger partial charge in [-0.3, -0.25) is 0 Å². The summed E-state index contributed by atoms with van der Waals surface area (Å²) in [5.74, 6) is 0. The van der Waals surface area contributed by atoms with E-state index < -0.39 is 21.2 Å². The molecule has 0 bridgehead atoms. The van der Waals surface area contributed by atoms with Gasteiger partial charge in [0.2, 0.25) is 0 Å². The summed E-state index contributed by atoms with van der Waals surface area (Å²) in [5.41, 5.74) is 0.303. The maximum atomic E-state index is 10.6. The molecule has 1 N–H and O–H groups in total. The molecule has 0 fully saturated rings. The molecule has 84 valence electrons. The number of hydrogen-bond donors (Lipinski definition) is 1. The fourth-order valence-electron chi connectivity index (χ4n) is 0.469. The third-order valence-electron chi connectivity index (χ3n) is 1.20. The maximum Gasteiger partial charge on any atom is 0.164 e. The molecule has 0 amide bonds. The second kappa shape index (κ2) is 5.19. The maximum absolute atomic E-state index is 10.6. The smallest absolute Gasteiger partial charge is 0.164 e. The molecule has 0 aliphatic heterocycles. The van der Waals surface area contributed by atoms with Gasteiger partial charge < -0.3 is 33.4 Å². The van der Waals surface area contributed by atoms with E-state index in [2.05, 4.69) is 4.52 Å². The largest absolute Gasteiger partial charge is 0.805 e. The third kappa shape index (κ3) is 4.48. The highest BCUT2D eigenvalue weighted by Gasteiger charge is 2.13. The van der Waals surface area contributed by atoms with Crippen molar-refractivity contribution in [2.24, 2.45) is 0 Å². The highest BCUT2D eigenvalue weighted by molar-refractivity contribution is 8.24. The predicted molar refractivity (Wildman–Crippen MR) is 42.0 cm³/mol. The van der Waals surface area contributed by atoms with Gasteiger partial charge in [0.05, 0.1) is 13.2 Å². The van der Waals surface area contributed by atoms with Crippen LogP contribution in [0.1, 0.15) is 6.92 Å². The van der Waals surface area contributed by atoms with E-state index in [1.807, 2.05) is 0 Å². The molecule has 0 aromatic heterocycles. The molecule has 0 aliphatic carbocycles. The van der Waals surface area contributed by atoms with Crippen molar-refractivity contribution in [2.75, 3.05) is 13.2 Å². The minimum absolute atomic E-state index is 0.303. The quantitative estimate of drug-likeness (QED) is 0.450. The first-order chi connectivity index (χ1) is 6.20. The van der Waals surface area contributed by atoms with Crippen LogP contribution < -0.4 is 14.7 Å². The monoisotopic (exact) mass is 243 g/mol. The molecule has 0 saturated heterocycles. The highest BCUT2D eigenvalue weighted by Crippen LogP contribution is 2.66. The van der Waals surface area contributed by atoms with Crippen molar-refractivity contribution in [1.82, 2.24) is 0 Å². The van der Waals surface area contributed by atoms with Crippen LogP contribution in [0.4, 0.5) is 0 Å². The molecule has 0 radical (unpaired) electrons. The zero-order valence-electron chi connectivity index (χ0n) is 7.28. The van der Waals surface area contributed by atoms with Crippen molar-refractivity contribution in [3.8, 4) is 0 Å². The van der Waals surface area contributed by atoms with Gasteiger partial charge in [0.1, 0.15) is 0 Å².